The predicted molar refractivity (Wildman–Crippen MR) is 89.0 cm³/mol. The molecular formula is C17H18BrNO2. The number of carbonyl (C=O) groups is 1. The quantitative estimate of drug-likeness (QED) is 0.780. The number of rotatable bonds is 3. The van der Waals surface area contributed by atoms with Crippen molar-refractivity contribution in [3.63, 3.8) is 0 Å². The van der Waals surface area contributed by atoms with E-state index < -0.39 is 0 Å². The van der Waals surface area contributed by atoms with Crippen molar-refractivity contribution in [3.8, 4) is 5.75 Å². The average Bonchev–Trinajstić information content (AvgIpc) is 2.48. The first-order valence-corrected chi connectivity index (χ1v) is 7.59. The van der Waals surface area contributed by atoms with E-state index in [0.29, 0.717) is 15.7 Å². The van der Waals surface area contributed by atoms with E-state index in [9.17, 15) is 9.90 Å². The Hall–Kier alpha value is -1.81. The average molecular weight is 348 g/mol. The van der Waals surface area contributed by atoms with Gasteiger partial charge >= 0.3 is 0 Å². The molecule has 0 fully saturated rings. The van der Waals surface area contributed by atoms with Crippen molar-refractivity contribution in [1.82, 2.24) is 0 Å². The summed E-state index contributed by atoms with van der Waals surface area (Å²) >= 11 is 3.39. The van der Waals surface area contributed by atoms with Crippen molar-refractivity contribution in [3.05, 3.63) is 57.6 Å². The van der Waals surface area contributed by atoms with Crippen molar-refractivity contribution in [2.45, 2.75) is 26.7 Å². The van der Waals surface area contributed by atoms with Gasteiger partial charge in [0, 0.05) is 11.3 Å². The number of hydrogen-bond donors (Lipinski definition) is 2. The molecule has 2 rings (SSSR count). The summed E-state index contributed by atoms with van der Waals surface area (Å²) in [7, 11) is 0. The van der Waals surface area contributed by atoms with Crippen LogP contribution in [0.3, 0.4) is 0 Å². The summed E-state index contributed by atoms with van der Waals surface area (Å²) < 4.78 is 0.622. The number of carbonyl (C=O) groups excluding carboxylic acids is 1. The van der Waals surface area contributed by atoms with Gasteiger partial charge in [0.05, 0.1) is 4.47 Å². The third-order valence-corrected chi connectivity index (χ3v) is 4.39. The summed E-state index contributed by atoms with van der Waals surface area (Å²) in [6.07, 6.45) is 0. The summed E-state index contributed by atoms with van der Waals surface area (Å²) in [5.74, 6) is 0.237. The molecule has 21 heavy (non-hydrogen) atoms. The van der Waals surface area contributed by atoms with Crippen LogP contribution in [0.15, 0.2) is 40.9 Å². The van der Waals surface area contributed by atoms with E-state index in [0.717, 1.165) is 11.1 Å². The normalized spacial score (nSPS) is 10.7. The van der Waals surface area contributed by atoms with Crippen LogP contribution in [0.2, 0.25) is 0 Å². The lowest BCUT2D eigenvalue weighted by Crippen LogP contribution is -2.13. The van der Waals surface area contributed by atoms with Gasteiger partial charge in [-0.25, -0.2) is 0 Å². The summed E-state index contributed by atoms with van der Waals surface area (Å²) in [5, 5.41) is 13.1. The van der Waals surface area contributed by atoms with Crippen molar-refractivity contribution in [2.75, 3.05) is 5.32 Å². The lowest BCUT2D eigenvalue weighted by Gasteiger charge is -2.16. The number of halogens is 1. The highest BCUT2D eigenvalue weighted by molar-refractivity contribution is 9.10. The van der Waals surface area contributed by atoms with Gasteiger partial charge in [-0.15, -0.1) is 0 Å². The molecule has 3 nitrogen and oxygen atoms in total. The van der Waals surface area contributed by atoms with Crippen LogP contribution in [0.1, 0.15) is 41.3 Å². The largest absolute Gasteiger partial charge is 0.506 e. The van der Waals surface area contributed by atoms with Crippen LogP contribution in [0, 0.1) is 6.92 Å². The minimum absolute atomic E-state index is 0.161. The van der Waals surface area contributed by atoms with Gasteiger partial charge in [0.15, 0.2) is 0 Å². The van der Waals surface area contributed by atoms with Gasteiger partial charge in [-0.3, -0.25) is 4.79 Å². The zero-order valence-corrected chi connectivity index (χ0v) is 13.9. The molecule has 0 saturated heterocycles. The second-order valence-electron chi connectivity index (χ2n) is 5.28. The first-order chi connectivity index (χ1) is 9.91. The van der Waals surface area contributed by atoms with E-state index in [1.165, 1.54) is 0 Å². The number of phenols is 1. The fourth-order valence-electron chi connectivity index (χ4n) is 2.11. The minimum Gasteiger partial charge on any atom is -0.506 e. The Balaban J connectivity index is 2.39. The number of benzene rings is 2. The molecule has 0 bridgehead atoms. The maximum Gasteiger partial charge on any atom is 0.255 e. The molecule has 0 atom stereocenters. The molecule has 0 aliphatic rings. The first kappa shape index (κ1) is 15.6. The SMILES string of the molecule is Cc1c(NC(=O)c2ccccc2)cc(C(C)C)c(O)c1Br. The molecule has 0 spiro atoms. The van der Waals surface area contributed by atoms with Crippen LogP contribution < -0.4 is 5.32 Å². The molecule has 1 amide bonds. The van der Waals surface area contributed by atoms with Gasteiger partial charge in [-0.1, -0.05) is 32.0 Å². The summed E-state index contributed by atoms with van der Waals surface area (Å²) in [6.45, 7) is 5.85. The Morgan fingerprint density at radius 3 is 2.43 bits per heavy atom. The van der Waals surface area contributed by atoms with Crippen LogP contribution in [-0.2, 0) is 0 Å². The van der Waals surface area contributed by atoms with Crippen LogP contribution in [0.4, 0.5) is 5.69 Å². The highest BCUT2D eigenvalue weighted by Gasteiger charge is 2.17. The Kier molecular flexibility index (Phi) is 4.68. The molecule has 2 N–H and O–H groups in total. The fraction of sp³-hybridized carbons (Fsp3) is 0.235. The highest BCUT2D eigenvalue weighted by atomic mass is 79.9. The first-order valence-electron chi connectivity index (χ1n) is 6.80. The van der Waals surface area contributed by atoms with Gasteiger partial charge in [-0.05, 0) is 58.1 Å². The van der Waals surface area contributed by atoms with Crippen LogP contribution >= 0.6 is 15.9 Å². The monoisotopic (exact) mass is 347 g/mol. The highest BCUT2D eigenvalue weighted by Crippen LogP contribution is 2.39. The maximum atomic E-state index is 12.3. The van der Waals surface area contributed by atoms with Crippen molar-refractivity contribution in [1.29, 1.82) is 0 Å². The summed E-state index contributed by atoms with van der Waals surface area (Å²) in [6, 6.07) is 10.9. The molecule has 0 radical (unpaired) electrons. The molecule has 110 valence electrons. The van der Waals surface area contributed by atoms with Gasteiger partial charge in [0.25, 0.3) is 5.91 Å². The Morgan fingerprint density at radius 1 is 1.24 bits per heavy atom. The van der Waals surface area contributed by atoms with E-state index in [1.807, 2.05) is 45.0 Å². The van der Waals surface area contributed by atoms with E-state index in [-0.39, 0.29) is 17.6 Å². The number of phenolic OH excluding ortho intramolecular Hbond substituents is 1. The Morgan fingerprint density at radius 2 is 1.86 bits per heavy atom. The van der Waals surface area contributed by atoms with E-state index >= 15 is 0 Å². The lowest BCUT2D eigenvalue weighted by atomic mass is 9.99. The zero-order valence-electron chi connectivity index (χ0n) is 12.3. The molecule has 2 aromatic carbocycles. The summed E-state index contributed by atoms with van der Waals surface area (Å²) in [4.78, 5) is 12.3. The summed E-state index contributed by atoms with van der Waals surface area (Å²) in [5.41, 5.74) is 2.92. The van der Waals surface area contributed by atoms with Crippen molar-refractivity contribution >= 4 is 27.5 Å². The van der Waals surface area contributed by atoms with Crippen LogP contribution in [0.25, 0.3) is 0 Å². The third kappa shape index (κ3) is 3.27. The van der Waals surface area contributed by atoms with Crippen LogP contribution in [0.5, 0.6) is 5.75 Å². The Labute approximate surface area is 133 Å². The second kappa shape index (κ2) is 6.31. The number of nitrogens with one attached hydrogen (secondary N) is 1. The fourth-order valence-corrected chi connectivity index (χ4v) is 2.55. The lowest BCUT2D eigenvalue weighted by molar-refractivity contribution is 0.102. The maximum absolute atomic E-state index is 12.3. The molecule has 4 heteroatoms. The molecule has 0 aliphatic carbocycles. The topological polar surface area (TPSA) is 49.3 Å². The molecule has 2 aromatic rings. The molecule has 0 aromatic heterocycles. The molecule has 0 saturated carbocycles. The third-order valence-electron chi connectivity index (χ3n) is 3.42. The molecule has 0 unspecified atom stereocenters. The number of aromatic hydroxyl groups is 1. The number of hydrogen-bond acceptors (Lipinski definition) is 2. The van der Waals surface area contributed by atoms with E-state index in [1.54, 1.807) is 12.1 Å². The zero-order chi connectivity index (χ0) is 15.6. The van der Waals surface area contributed by atoms with Crippen LogP contribution in [-0.4, -0.2) is 11.0 Å². The smallest absolute Gasteiger partial charge is 0.255 e. The van der Waals surface area contributed by atoms with Gasteiger partial charge < -0.3 is 10.4 Å². The molecular weight excluding hydrogens is 330 g/mol. The van der Waals surface area contributed by atoms with Crippen molar-refractivity contribution in [2.24, 2.45) is 0 Å². The molecule has 0 aliphatic heterocycles. The van der Waals surface area contributed by atoms with Gasteiger partial charge in [0.1, 0.15) is 5.75 Å². The Bertz CT molecular complexity index is 666. The predicted octanol–water partition coefficient (Wildman–Crippen LogP) is 4.84. The van der Waals surface area contributed by atoms with Crippen molar-refractivity contribution < 1.29 is 9.90 Å². The minimum atomic E-state index is -0.161. The van der Waals surface area contributed by atoms with Gasteiger partial charge in [-0.2, -0.15) is 0 Å². The number of amides is 1. The van der Waals surface area contributed by atoms with E-state index in [4.69, 9.17) is 0 Å². The molecule has 0 heterocycles. The van der Waals surface area contributed by atoms with Gasteiger partial charge in [0.2, 0.25) is 0 Å². The van der Waals surface area contributed by atoms with E-state index in [2.05, 4.69) is 21.2 Å². The number of anilines is 1. The second-order valence-corrected chi connectivity index (χ2v) is 6.07. The standard InChI is InChI=1S/C17H18BrNO2/c1-10(2)13-9-14(11(3)15(18)16(13)20)19-17(21)12-7-5-4-6-8-12/h4-10,20H,1-3H3,(H,19,21).